The van der Waals surface area contributed by atoms with E-state index in [4.69, 9.17) is 9.47 Å². The number of aromatic carboxylic acids is 1. The summed E-state index contributed by atoms with van der Waals surface area (Å²) in [6.45, 7) is 0. The van der Waals surface area contributed by atoms with E-state index in [0.717, 1.165) is 4.47 Å². The van der Waals surface area contributed by atoms with Crippen LogP contribution in [-0.2, 0) is 0 Å². The van der Waals surface area contributed by atoms with Crippen molar-refractivity contribution < 1.29 is 19.4 Å². The average Bonchev–Trinajstić information content (AvgIpc) is 2.41. The van der Waals surface area contributed by atoms with Crippen LogP contribution in [0.5, 0.6) is 17.2 Å². The molecule has 0 saturated heterocycles. The van der Waals surface area contributed by atoms with Crippen LogP contribution in [0.25, 0.3) is 0 Å². The number of hydrogen-bond donors (Lipinski definition) is 1. The van der Waals surface area contributed by atoms with Gasteiger partial charge in [0.1, 0.15) is 22.8 Å². The summed E-state index contributed by atoms with van der Waals surface area (Å²) in [6.07, 6.45) is 0. The third-order valence-electron chi connectivity index (χ3n) is 2.53. The summed E-state index contributed by atoms with van der Waals surface area (Å²) >= 11 is 6.71. The lowest BCUT2D eigenvalue weighted by Crippen LogP contribution is -2.00. The predicted molar refractivity (Wildman–Crippen MR) is 81.9 cm³/mol. The van der Waals surface area contributed by atoms with Crippen LogP contribution in [0.15, 0.2) is 45.3 Å². The molecular formula is C14H10Br2O4. The number of carbonyl (C=O) groups is 1. The minimum Gasteiger partial charge on any atom is -0.497 e. The fourth-order valence-corrected chi connectivity index (χ4v) is 2.70. The predicted octanol–water partition coefficient (Wildman–Crippen LogP) is 4.71. The van der Waals surface area contributed by atoms with E-state index in [9.17, 15) is 9.90 Å². The monoisotopic (exact) mass is 400 g/mol. The van der Waals surface area contributed by atoms with Crippen molar-refractivity contribution in [2.24, 2.45) is 0 Å². The van der Waals surface area contributed by atoms with E-state index in [1.54, 1.807) is 18.2 Å². The molecule has 0 fully saturated rings. The van der Waals surface area contributed by atoms with Gasteiger partial charge in [0.15, 0.2) is 0 Å². The number of carboxylic acid groups (broad SMARTS) is 1. The molecule has 0 aliphatic rings. The number of ether oxygens (including phenoxy) is 2. The topological polar surface area (TPSA) is 55.8 Å². The summed E-state index contributed by atoms with van der Waals surface area (Å²) < 4.78 is 12.4. The Hall–Kier alpha value is -1.53. The third kappa shape index (κ3) is 3.32. The minimum absolute atomic E-state index is 0.0700. The number of hydrogen-bond acceptors (Lipinski definition) is 3. The summed E-state index contributed by atoms with van der Waals surface area (Å²) in [5.41, 5.74) is 0.0700. The van der Waals surface area contributed by atoms with Crippen molar-refractivity contribution in [3.63, 3.8) is 0 Å². The molecule has 0 heterocycles. The zero-order chi connectivity index (χ0) is 14.7. The molecular weight excluding hydrogens is 392 g/mol. The lowest BCUT2D eigenvalue weighted by molar-refractivity contribution is 0.0694. The molecule has 0 bridgehead atoms. The Bertz CT molecular complexity index is 656. The molecule has 20 heavy (non-hydrogen) atoms. The highest BCUT2D eigenvalue weighted by molar-refractivity contribution is 9.11. The van der Waals surface area contributed by atoms with Crippen LogP contribution >= 0.6 is 31.9 Å². The summed E-state index contributed by atoms with van der Waals surface area (Å²) in [5, 5.41) is 9.18. The summed E-state index contributed by atoms with van der Waals surface area (Å²) in [7, 11) is 1.51. The van der Waals surface area contributed by atoms with Gasteiger partial charge >= 0.3 is 5.97 Å². The molecule has 6 heteroatoms. The normalized spacial score (nSPS) is 10.2. The van der Waals surface area contributed by atoms with E-state index in [0.29, 0.717) is 16.0 Å². The molecule has 2 aromatic rings. The number of halogens is 2. The molecule has 0 unspecified atom stereocenters. The van der Waals surface area contributed by atoms with E-state index in [-0.39, 0.29) is 11.3 Å². The van der Waals surface area contributed by atoms with E-state index < -0.39 is 5.97 Å². The van der Waals surface area contributed by atoms with Crippen LogP contribution in [-0.4, -0.2) is 18.2 Å². The second-order valence-corrected chi connectivity index (χ2v) is 5.61. The van der Waals surface area contributed by atoms with E-state index in [1.165, 1.54) is 19.2 Å². The average molecular weight is 402 g/mol. The highest BCUT2D eigenvalue weighted by Crippen LogP contribution is 2.35. The van der Waals surface area contributed by atoms with Gasteiger partial charge in [0.25, 0.3) is 0 Å². The SMILES string of the molecule is COc1ccc(C(=O)O)c(Oc2ccc(Br)cc2Br)c1. The van der Waals surface area contributed by atoms with Gasteiger partial charge in [0, 0.05) is 10.5 Å². The quantitative estimate of drug-likeness (QED) is 0.805. The largest absolute Gasteiger partial charge is 0.497 e. The Morgan fingerprint density at radius 3 is 2.45 bits per heavy atom. The first-order valence-electron chi connectivity index (χ1n) is 5.55. The van der Waals surface area contributed by atoms with Crippen molar-refractivity contribution >= 4 is 37.8 Å². The number of benzene rings is 2. The maximum atomic E-state index is 11.2. The number of carboxylic acids is 1. The molecule has 0 aliphatic carbocycles. The second-order valence-electron chi connectivity index (χ2n) is 3.84. The zero-order valence-corrected chi connectivity index (χ0v) is 13.6. The fraction of sp³-hybridized carbons (Fsp3) is 0.0714. The van der Waals surface area contributed by atoms with E-state index >= 15 is 0 Å². The number of methoxy groups -OCH3 is 1. The van der Waals surface area contributed by atoms with Crippen LogP contribution < -0.4 is 9.47 Å². The fourth-order valence-electron chi connectivity index (χ4n) is 1.57. The third-order valence-corrected chi connectivity index (χ3v) is 3.65. The molecule has 2 rings (SSSR count). The Morgan fingerprint density at radius 2 is 1.85 bits per heavy atom. The molecule has 2 aromatic carbocycles. The number of rotatable bonds is 4. The Kier molecular flexibility index (Phi) is 4.67. The molecule has 4 nitrogen and oxygen atoms in total. The van der Waals surface area contributed by atoms with Gasteiger partial charge in [-0.2, -0.15) is 0 Å². The van der Waals surface area contributed by atoms with Gasteiger partial charge in [-0.1, -0.05) is 15.9 Å². The van der Waals surface area contributed by atoms with Crippen LogP contribution in [0, 0.1) is 0 Å². The van der Waals surface area contributed by atoms with Gasteiger partial charge in [0.05, 0.1) is 11.6 Å². The van der Waals surface area contributed by atoms with Crippen molar-refractivity contribution in [1.82, 2.24) is 0 Å². The van der Waals surface area contributed by atoms with Crippen molar-refractivity contribution in [2.75, 3.05) is 7.11 Å². The van der Waals surface area contributed by atoms with Crippen molar-refractivity contribution in [3.05, 3.63) is 50.9 Å². The first-order chi connectivity index (χ1) is 9.51. The van der Waals surface area contributed by atoms with Gasteiger partial charge in [-0.15, -0.1) is 0 Å². The van der Waals surface area contributed by atoms with Gasteiger partial charge in [-0.25, -0.2) is 4.79 Å². The molecule has 0 saturated carbocycles. The highest BCUT2D eigenvalue weighted by atomic mass is 79.9. The lowest BCUT2D eigenvalue weighted by atomic mass is 10.2. The minimum atomic E-state index is -1.06. The summed E-state index contributed by atoms with van der Waals surface area (Å²) in [6, 6.07) is 9.92. The maximum Gasteiger partial charge on any atom is 0.339 e. The second kappa shape index (κ2) is 6.28. The molecule has 0 aliphatic heterocycles. The Labute approximate surface area is 132 Å². The van der Waals surface area contributed by atoms with Crippen LogP contribution in [0.4, 0.5) is 0 Å². The van der Waals surface area contributed by atoms with Crippen molar-refractivity contribution in [1.29, 1.82) is 0 Å². The Balaban J connectivity index is 2.43. The molecule has 0 radical (unpaired) electrons. The van der Waals surface area contributed by atoms with Crippen LogP contribution in [0.2, 0.25) is 0 Å². The van der Waals surface area contributed by atoms with Crippen molar-refractivity contribution in [2.45, 2.75) is 0 Å². The molecule has 0 aromatic heterocycles. The molecule has 1 N–H and O–H groups in total. The van der Waals surface area contributed by atoms with Crippen molar-refractivity contribution in [3.8, 4) is 17.2 Å². The van der Waals surface area contributed by atoms with Gasteiger partial charge in [0.2, 0.25) is 0 Å². The molecule has 0 amide bonds. The van der Waals surface area contributed by atoms with Gasteiger partial charge in [-0.3, -0.25) is 0 Å². The van der Waals surface area contributed by atoms with Crippen LogP contribution in [0.1, 0.15) is 10.4 Å². The summed E-state index contributed by atoms with van der Waals surface area (Å²) in [5.74, 6) is 0.206. The summed E-state index contributed by atoms with van der Waals surface area (Å²) in [4.78, 5) is 11.2. The van der Waals surface area contributed by atoms with E-state index in [1.807, 2.05) is 6.07 Å². The molecule has 0 atom stereocenters. The standard InChI is InChI=1S/C14H10Br2O4/c1-19-9-3-4-10(14(17)18)13(7-9)20-12-5-2-8(15)6-11(12)16/h2-7H,1H3,(H,17,18). The van der Waals surface area contributed by atoms with Crippen LogP contribution in [0.3, 0.4) is 0 Å². The molecule has 0 spiro atoms. The molecule has 104 valence electrons. The lowest BCUT2D eigenvalue weighted by Gasteiger charge is -2.12. The zero-order valence-electron chi connectivity index (χ0n) is 10.4. The van der Waals surface area contributed by atoms with Gasteiger partial charge in [-0.05, 0) is 46.3 Å². The van der Waals surface area contributed by atoms with E-state index in [2.05, 4.69) is 31.9 Å². The Morgan fingerprint density at radius 1 is 1.10 bits per heavy atom. The smallest absolute Gasteiger partial charge is 0.339 e. The first kappa shape index (κ1) is 14.9. The maximum absolute atomic E-state index is 11.2. The first-order valence-corrected chi connectivity index (χ1v) is 7.14. The highest BCUT2D eigenvalue weighted by Gasteiger charge is 2.14. The van der Waals surface area contributed by atoms with Gasteiger partial charge < -0.3 is 14.6 Å².